The van der Waals surface area contributed by atoms with Crippen molar-refractivity contribution in [3.63, 3.8) is 0 Å². The number of hydrogen-bond acceptors (Lipinski definition) is 16. The molecule has 0 radical (unpaired) electrons. The topological polar surface area (TPSA) is 303 Å². The van der Waals surface area contributed by atoms with Crippen LogP contribution in [0.1, 0.15) is 88.5 Å². The molecule has 0 bridgehead atoms. The van der Waals surface area contributed by atoms with Gasteiger partial charge in [0.2, 0.25) is 0 Å². The first-order valence-electron chi connectivity index (χ1n) is 20.5. The van der Waals surface area contributed by atoms with Gasteiger partial charge in [0.25, 0.3) is 10.1 Å². The number of benzene rings is 1. The maximum atomic E-state index is 14.4. The number of aromatic amines is 2. The molecule has 2 unspecified atom stereocenters. The fraction of sp³-hybridized carbons (Fsp3) is 0.600. The second kappa shape index (κ2) is 25.1. The van der Waals surface area contributed by atoms with Crippen LogP contribution >= 0.6 is 0 Å². The highest BCUT2D eigenvalue weighted by Gasteiger charge is 2.60. The van der Waals surface area contributed by atoms with Gasteiger partial charge in [-0.3, -0.25) is 14.5 Å². The summed E-state index contributed by atoms with van der Waals surface area (Å²) >= 11 is 0. The molecule has 3 aromatic rings. The Hall–Kier alpha value is -4.69. The molecule has 358 valence electrons. The van der Waals surface area contributed by atoms with Crippen molar-refractivity contribution in [3.8, 4) is 0 Å². The van der Waals surface area contributed by atoms with Crippen LogP contribution in [0.25, 0.3) is 0 Å². The zero-order valence-electron chi connectivity index (χ0n) is 35.1. The summed E-state index contributed by atoms with van der Waals surface area (Å²) in [4.78, 5) is 56.0. The highest BCUT2D eigenvalue weighted by Crippen LogP contribution is 2.48. The van der Waals surface area contributed by atoms with Gasteiger partial charge in [0.05, 0.1) is 18.1 Å². The fourth-order valence-electron chi connectivity index (χ4n) is 7.04. The highest BCUT2D eigenvalue weighted by atomic mass is 32.2. The van der Waals surface area contributed by atoms with Gasteiger partial charge in [-0.15, -0.1) is 0 Å². The molecule has 0 aliphatic carbocycles. The second-order valence-electron chi connectivity index (χ2n) is 15.1. The van der Waals surface area contributed by atoms with Crippen LogP contribution in [0.2, 0.25) is 0 Å². The van der Waals surface area contributed by atoms with Crippen molar-refractivity contribution in [1.82, 2.24) is 19.9 Å². The number of rotatable bonds is 21. The summed E-state index contributed by atoms with van der Waals surface area (Å²) in [6.07, 6.45) is -1.87. The fourth-order valence-corrected chi connectivity index (χ4v) is 7.54. The third kappa shape index (κ3) is 14.7. The number of hydrogen-bond donors (Lipinski definition) is 9. The van der Waals surface area contributed by atoms with E-state index in [1.54, 1.807) is 18.2 Å². The summed E-state index contributed by atoms with van der Waals surface area (Å²) in [5.41, 5.74) is -1.66. The minimum Gasteiger partial charge on any atom is -0.394 e. The van der Waals surface area contributed by atoms with Gasteiger partial charge in [-0.05, 0) is 49.7 Å². The van der Waals surface area contributed by atoms with E-state index in [0.717, 1.165) is 50.6 Å². The number of nitrogens with one attached hydrogen (secondary N) is 4. The number of carbonyl (C=O) groups is 2. The summed E-state index contributed by atoms with van der Waals surface area (Å²) in [6, 6.07) is 7.42. The third-order valence-electron chi connectivity index (χ3n) is 10.4. The Bertz CT molecular complexity index is 2020. The number of carbonyl (C=O) groups excluding carboxylic acids is 2. The van der Waals surface area contributed by atoms with Crippen molar-refractivity contribution in [2.24, 2.45) is 11.8 Å². The van der Waals surface area contributed by atoms with E-state index in [-0.39, 0.29) is 39.5 Å². The molecule has 9 N–H and O–H groups in total. The Morgan fingerprint density at radius 3 is 1.42 bits per heavy atom. The van der Waals surface area contributed by atoms with Gasteiger partial charge < -0.3 is 50.1 Å². The van der Waals surface area contributed by atoms with Gasteiger partial charge in [0.1, 0.15) is 48.6 Å². The standard InChI is InChI=1S/2C17H25F2N3O5.C6H6O3S/c2*1-2-4-10(5-3-6-23)7-20-15-11(8-21-16(26)22-15)14-17(18,19)13(25)12(9-24)27-14;7-10(8,9)6-4-2-1-3-5-6/h2*6,8,10,12-14,24-25H,2-5,7,9H2,1H3,(H2,20,21,22,26);1-5H,(H,7,8,9)/t2*10?,12-,13-,14+;/m11./s1. The summed E-state index contributed by atoms with van der Waals surface area (Å²) in [5.74, 6) is -7.04. The lowest BCUT2D eigenvalue weighted by Gasteiger charge is -2.23. The molecule has 2 fully saturated rings. The molecule has 19 nitrogen and oxygen atoms in total. The lowest BCUT2D eigenvalue weighted by atomic mass is 9.97. The van der Waals surface area contributed by atoms with Crippen LogP contribution < -0.4 is 22.0 Å². The molecule has 0 amide bonds. The lowest BCUT2D eigenvalue weighted by Crippen LogP contribution is -2.38. The molecule has 2 aromatic heterocycles. The first-order chi connectivity index (χ1) is 30.3. The molecule has 2 aliphatic heterocycles. The zero-order chi connectivity index (χ0) is 47.7. The number of H-pyrrole nitrogens is 2. The van der Waals surface area contributed by atoms with Crippen LogP contribution in [0, 0.1) is 11.8 Å². The number of alkyl halides is 4. The smallest absolute Gasteiger partial charge is 0.346 e. The predicted molar refractivity (Wildman–Crippen MR) is 222 cm³/mol. The lowest BCUT2D eigenvalue weighted by molar-refractivity contribution is -0.113. The second-order valence-corrected chi connectivity index (χ2v) is 16.5. The normalized spacial score (nSPS) is 23.1. The number of aliphatic hydroxyl groups is 4. The number of halogens is 4. The predicted octanol–water partition coefficient (Wildman–Crippen LogP) is 2.94. The summed E-state index contributed by atoms with van der Waals surface area (Å²) in [7, 11) is -4.00. The Labute approximate surface area is 365 Å². The van der Waals surface area contributed by atoms with Gasteiger partial charge >= 0.3 is 23.2 Å². The van der Waals surface area contributed by atoms with Crippen LogP contribution in [0.3, 0.4) is 0 Å². The largest absolute Gasteiger partial charge is 0.394 e. The van der Waals surface area contributed by atoms with Crippen molar-refractivity contribution in [1.29, 1.82) is 0 Å². The van der Waals surface area contributed by atoms with Gasteiger partial charge in [-0.1, -0.05) is 44.9 Å². The molecule has 24 heteroatoms. The van der Waals surface area contributed by atoms with Gasteiger partial charge in [-0.25, -0.2) is 37.1 Å². The quantitative estimate of drug-likeness (QED) is 0.0421. The zero-order valence-corrected chi connectivity index (χ0v) is 35.9. The average molecular weight is 937 g/mol. The molecule has 1 aromatic carbocycles. The molecular formula is C40H56F4N6O13S. The van der Waals surface area contributed by atoms with Gasteiger partial charge in [0.15, 0.2) is 12.2 Å². The summed E-state index contributed by atoms with van der Waals surface area (Å²) in [5, 5.41) is 43.5. The van der Waals surface area contributed by atoms with Crippen molar-refractivity contribution in [2.75, 3.05) is 36.9 Å². The number of nitrogens with zero attached hydrogens (tertiary/aromatic N) is 2. The van der Waals surface area contributed by atoms with E-state index in [1.807, 2.05) is 13.8 Å². The maximum absolute atomic E-state index is 14.4. The minimum absolute atomic E-state index is 0.0256. The van der Waals surface area contributed by atoms with Gasteiger partial charge in [-0.2, -0.15) is 8.42 Å². The number of aromatic nitrogens is 4. The first-order valence-corrected chi connectivity index (χ1v) is 21.9. The Morgan fingerprint density at radius 1 is 0.734 bits per heavy atom. The summed E-state index contributed by atoms with van der Waals surface area (Å²) in [6.45, 7) is 3.18. The Balaban J connectivity index is 0.000000280. The number of ether oxygens (including phenoxy) is 2. The van der Waals surface area contributed by atoms with Crippen LogP contribution in [0.4, 0.5) is 29.2 Å². The summed E-state index contributed by atoms with van der Waals surface area (Å²) < 4.78 is 97.2. The van der Waals surface area contributed by atoms with Crippen LogP contribution in [0.15, 0.2) is 57.2 Å². The minimum atomic E-state index is -4.00. The van der Waals surface area contributed by atoms with E-state index in [2.05, 4.69) is 30.6 Å². The molecule has 0 spiro atoms. The van der Waals surface area contributed by atoms with Crippen LogP contribution in [-0.4, -0.2) is 128 Å². The van der Waals surface area contributed by atoms with Crippen LogP contribution in [-0.2, 0) is 29.2 Å². The van der Waals surface area contributed by atoms with Gasteiger partial charge in [0, 0.05) is 49.5 Å². The number of aldehydes is 2. The number of anilines is 2. The average Bonchev–Trinajstić information content (AvgIpc) is 3.64. The van der Waals surface area contributed by atoms with Crippen molar-refractivity contribution in [2.45, 2.75) is 119 Å². The molecule has 5 rings (SSSR count). The monoisotopic (exact) mass is 936 g/mol. The van der Waals surface area contributed by atoms with Crippen molar-refractivity contribution in [3.05, 3.63) is 74.8 Å². The van der Waals surface area contributed by atoms with Crippen molar-refractivity contribution < 1.29 is 70.0 Å². The first kappa shape index (κ1) is 53.6. The molecule has 8 atom stereocenters. The SMILES string of the molecule is CCCC(CCC=O)CNc1[nH]c(=O)ncc1[C@@H]1O[C@H](CO)[C@@H](O)C1(F)F.CCCC(CCC=O)CNc1[nH]c(=O)ncc1[C@@H]1O[C@H](CO)[C@@H](O)C1(F)F.O=S(=O)(O)c1ccccc1. The molecule has 0 saturated carbocycles. The molecular weight excluding hydrogens is 881 g/mol. The Morgan fingerprint density at radius 2 is 1.12 bits per heavy atom. The number of aliphatic hydroxyl groups excluding tert-OH is 4. The van der Waals surface area contributed by atoms with Crippen molar-refractivity contribution >= 4 is 34.3 Å². The van der Waals surface area contributed by atoms with E-state index in [1.165, 1.54) is 12.1 Å². The third-order valence-corrected chi connectivity index (χ3v) is 11.2. The molecule has 2 saturated heterocycles. The molecule has 2 aliphatic rings. The van der Waals surface area contributed by atoms with E-state index in [4.69, 9.17) is 24.2 Å². The van der Waals surface area contributed by atoms with E-state index >= 15 is 0 Å². The van der Waals surface area contributed by atoms with E-state index in [9.17, 15) is 55.4 Å². The Kier molecular flexibility index (Phi) is 21.1. The molecule has 64 heavy (non-hydrogen) atoms. The molecule has 4 heterocycles. The maximum Gasteiger partial charge on any atom is 0.346 e. The van der Waals surface area contributed by atoms with E-state index < -0.39 is 83.2 Å². The van der Waals surface area contributed by atoms with Crippen LogP contribution in [0.5, 0.6) is 0 Å². The highest BCUT2D eigenvalue weighted by molar-refractivity contribution is 7.85. The van der Waals surface area contributed by atoms with E-state index in [0.29, 0.717) is 38.8 Å².